The largest absolute Gasteiger partial charge is 0.465 e. The molecule has 1 aromatic heterocycles. The highest BCUT2D eigenvalue weighted by atomic mass is 16.5. The first kappa shape index (κ1) is 12.7. The van der Waals surface area contributed by atoms with Crippen LogP contribution in [-0.2, 0) is 11.2 Å². The van der Waals surface area contributed by atoms with Crippen molar-refractivity contribution in [1.29, 1.82) is 0 Å². The summed E-state index contributed by atoms with van der Waals surface area (Å²) in [4.78, 5) is 13.9. The van der Waals surface area contributed by atoms with Gasteiger partial charge in [-0.15, -0.1) is 0 Å². The van der Waals surface area contributed by atoms with E-state index < -0.39 is 0 Å². The van der Waals surface area contributed by atoms with Crippen molar-refractivity contribution in [2.45, 2.75) is 18.9 Å². The van der Waals surface area contributed by atoms with Crippen LogP contribution >= 0.6 is 0 Å². The molecule has 3 rings (SSSR count). The van der Waals surface area contributed by atoms with E-state index in [2.05, 4.69) is 21.8 Å². The molecule has 1 atom stereocenters. The van der Waals surface area contributed by atoms with Gasteiger partial charge in [-0.05, 0) is 23.6 Å². The van der Waals surface area contributed by atoms with Crippen LogP contribution in [0.4, 0.5) is 0 Å². The van der Waals surface area contributed by atoms with E-state index in [4.69, 9.17) is 4.74 Å². The minimum absolute atomic E-state index is 0.000168. The number of benzene rings is 1. The van der Waals surface area contributed by atoms with E-state index in [1.54, 1.807) is 6.07 Å². The number of carbonyl (C=O) groups is 1. The van der Waals surface area contributed by atoms with Crippen molar-refractivity contribution in [1.82, 2.24) is 10.1 Å². The highest BCUT2D eigenvalue weighted by Crippen LogP contribution is 2.21. The summed E-state index contributed by atoms with van der Waals surface area (Å²) in [6.45, 7) is 0.816. The zero-order chi connectivity index (χ0) is 13.8. The molecule has 2 heterocycles. The lowest BCUT2D eigenvalue weighted by molar-refractivity contribution is -0.141. The molecule has 0 spiro atoms. The van der Waals surface area contributed by atoms with Crippen LogP contribution in [0.3, 0.4) is 0 Å². The van der Waals surface area contributed by atoms with E-state index in [0.717, 1.165) is 19.4 Å². The molecule has 0 bridgehead atoms. The van der Waals surface area contributed by atoms with Gasteiger partial charge in [-0.3, -0.25) is 4.79 Å². The normalized spacial score (nSPS) is 17.6. The van der Waals surface area contributed by atoms with Gasteiger partial charge in [0.2, 0.25) is 0 Å². The van der Waals surface area contributed by atoms with E-state index in [1.807, 2.05) is 23.1 Å². The minimum Gasteiger partial charge on any atom is -0.465 e. The molecule has 20 heavy (non-hydrogen) atoms. The Labute approximate surface area is 117 Å². The van der Waals surface area contributed by atoms with Crippen molar-refractivity contribution in [3.63, 3.8) is 0 Å². The van der Waals surface area contributed by atoms with Gasteiger partial charge in [0.05, 0.1) is 0 Å². The lowest BCUT2D eigenvalue weighted by Crippen LogP contribution is -2.53. The molecule has 1 fully saturated rings. The third-order valence-corrected chi connectivity index (χ3v) is 3.54. The van der Waals surface area contributed by atoms with Gasteiger partial charge in [-0.2, -0.15) is 0 Å². The Morgan fingerprint density at radius 1 is 1.35 bits per heavy atom. The van der Waals surface area contributed by atoms with Crippen molar-refractivity contribution in [2.24, 2.45) is 0 Å². The predicted molar refractivity (Wildman–Crippen MR) is 72.3 cm³/mol. The fourth-order valence-corrected chi connectivity index (χ4v) is 2.36. The first-order valence-corrected chi connectivity index (χ1v) is 6.69. The SMILES string of the molecule is O=C(COc1ccon1)N1CCC1Cc1ccccc1. The van der Waals surface area contributed by atoms with E-state index in [0.29, 0.717) is 5.88 Å². The highest BCUT2D eigenvalue weighted by molar-refractivity contribution is 5.78. The lowest BCUT2D eigenvalue weighted by Gasteiger charge is -2.41. The van der Waals surface area contributed by atoms with Gasteiger partial charge in [0, 0.05) is 18.7 Å². The molecule has 5 nitrogen and oxygen atoms in total. The predicted octanol–water partition coefficient (Wildman–Crippen LogP) is 1.90. The van der Waals surface area contributed by atoms with Gasteiger partial charge >= 0.3 is 0 Å². The topological polar surface area (TPSA) is 55.6 Å². The quantitative estimate of drug-likeness (QED) is 0.834. The van der Waals surface area contributed by atoms with Gasteiger partial charge in [-0.1, -0.05) is 30.3 Å². The number of nitrogens with zero attached hydrogens (tertiary/aromatic N) is 2. The number of likely N-dealkylation sites (tertiary alicyclic amines) is 1. The van der Waals surface area contributed by atoms with Crippen LogP contribution in [0.25, 0.3) is 0 Å². The van der Waals surface area contributed by atoms with Crippen molar-refractivity contribution in [2.75, 3.05) is 13.2 Å². The molecule has 5 heteroatoms. The van der Waals surface area contributed by atoms with Crippen molar-refractivity contribution < 1.29 is 14.1 Å². The zero-order valence-electron chi connectivity index (χ0n) is 11.1. The Hall–Kier alpha value is -2.30. The molecule has 1 aliphatic rings. The summed E-state index contributed by atoms with van der Waals surface area (Å²) in [6, 6.07) is 12.1. The standard InChI is InChI=1S/C15H16N2O3/c18-15(11-19-14-7-9-20-16-14)17-8-6-13(17)10-12-4-2-1-3-5-12/h1-5,7,9,13H,6,8,10-11H2. The highest BCUT2D eigenvalue weighted by Gasteiger charge is 2.32. The maximum absolute atomic E-state index is 12.1. The number of carbonyl (C=O) groups excluding carboxylic acids is 1. The van der Waals surface area contributed by atoms with E-state index in [1.165, 1.54) is 11.8 Å². The molecule has 0 aliphatic carbocycles. The number of hydrogen-bond acceptors (Lipinski definition) is 4. The summed E-state index contributed by atoms with van der Waals surface area (Å²) in [5.41, 5.74) is 1.26. The van der Waals surface area contributed by atoms with E-state index in [-0.39, 0.29) is 18.6 Å². The fourth-order valence-electron chi connectivity index (χ4n) is 2.36. The average Bonchev–Trinajstić information content (AvgIpc) is 2.96. The molecule has 1 saturated heterocycles. The van der Waals surface area contributed by atoms with Crippen LogP contribution in [0, 0.1) is 0 Å². The van der Waals surface area contributed by atoms with Crippen LogP contribution in [0.1, 0.15) is 12.0 Å². The molecule has 0 N–H and O–H groups in total. The third-order valence-electron chi connectivity index (χ3n) is 3.54. The second kappa shape index (κ2) is 5.77. The monoisotopic (exact) mass is 272 g/mol. The Balaban J connectivity index is 1.51. The van der Waals surface area contributed by atoms with E-state index in [9.17, 15) is 4.79 Å². The van der Waals surface area contributed by atoms with Crippen LogP contribution in [-0.4, -0.2) is 35.2 Å². The number of ether oxygens (including phenoxy) is 1. The molecule has 0 saturated carbocycles. The van der Waals surface area contributed by atoms with Crippen LogP contribution in [0.2, 0.25) is 0 Å². The summed E-state index contributed by atoms with van der Waals surface area (Å²) >= 11 is 0. The maximum Gasteiger partial charge on any atom is 0.260 e. The van der Waals surface area contributed by atoms with E-state index >= 15 is 0 Å². The first-order valence-electron chi connectivity index (χ1n) is 6.69. The molecular formula is C15H16N2O3. The summed E-state index contributed by atoms with van der Waals surface area (Å²) in [6.07, 6.45) is 3.36. The van der Waals surface area contributed by atoms with Gasteiger partial charge in [-0.25, -0.2) is 0 Å². The fraction of sp³-hybridized carbons (Fsp3) is 0.333. The first-order chi connectivity index (χ1) is 9.83. The van der Waals surface area contributed by atoms with Crippen LogP contribution < -0.4 is 4.74 Å². The van der Waals surface area contributed by atoms with Crippen LogP contribution in [0.15, 0.2) is 47.2 Å². The molecule has 0 radical (unpaired) electrons. The Kier molecular flexibility index (Phi) is 3.67. The molecule has 1 unspecified atom stereocenters. The summed E-state index contributed by atoms with van der Waals surface area (Å²) in [7, 11) is 0. The summed E-state index contributed by atoms with van der Waals surface area (Å²) in [5.74, 6) is 0.346. The Morgan fingerprint density at radius 3 is 2.85 bits per heavy atom. The Morgan fingerprint density at radius 2 is 2.20 bits per heavy atom. The number of amides is 1. The molecule has 1 aliphatic heterocycles. The molecule has 1 aromatic carbocycles. The van der Waals surface area contributed by atoms with Crippen molar-refractivity contribution in [3.05, 3.63) is 48.2 Å². The number of aromatic nitrogens is 1. The van der Waals surface area contributed by atoms with Gasteiger partial charge in [0.25, 0.3) is 11.8 Å². The molecule has 1 amide bonds. The minimum atomic E-state index is 0.000168. The van der Waals surface area contributed by atoms with Gasteiger partial charge in [0.15, 0.2) is 6.61 Å². The second-order valence-electron chi connectivity index (χ2n) is 4.85. The van der Waals surface area contributed by atoms with Crippen molar-refractivity contribution >= 4 is 5.91 Å². The second-order valence-corrected chi connectivity index (χ2v) is 4.85. The van der Waals surface area contributed by atoms with Gasteiger partial charge < -0.3 is 14.2 Å². The smallest absolute Gasteiger partial charge is 0.260 e. The summed E-state index contributed by atoms with van der Waals surface area (Å²) in [5, 5.41) is 3.61. The Bertz CT molecular complexity index is 554. The maximum atomic E-state index is 12.1. The lowest BCUT2D eigenvalue weighted by atomic mass is 9.95. The van der Waals surface area contributed by atoms with Crippen LogP contribution in [0.5, 0.6) is 5.88 Å². The molecule has 2 aromatic rings. The molecular weight excluding hydrogens is 256 g/mol. The third kappa shape index (κ3) is 2.82. The summed E-state index contributed by atoms with van der Waals surface area (Å²) < 4.78 is 9.91. The zero-order valence-corrected chi connectivity index (χ0v) is 11.1. The average molecular weight is 272 g/mol. The van der Waals surface area contributed by atoms with Gasteiger partial charge in [0.1, 0.15) is 6.26 Å². The van der Waals surface area contributed by atoms with Crippen molar-refractivity contribution in [3.8, 4) is 5.88 Å². The molecule has 104 valence electrons. The number of hydrogen-bond donors (Lipinski definition) is 0. The number of rotatable bonds is 5.